The summed E-state index contributed by atoms with van der Waals surface area (Å²) in [6, 6.07) is 14.0. The van der Waals surface area contributed by atoms with Crippen molar-refractivity contribution < 1.29 is 14.3 Å². The number of carbonyl (C=O) groups is 1. The van der Waals surface area contributed by atoms with E-state index < -0.39 is 6.10 Å². The van der Waals surface area contributed by atoms with E-state index in [9.17, 15) is 4.79 Å². The molecule has 0 fully saturated rings. The van der Waals surface area contributed by atoms with Gasteiger partial charge in [0.05, 0.1) is 7.11 Å². The molecule has 0 bridgehead atoms. The SMILES string of the molecule is COc1ccc(NC(=O)C(C)Oc2ccc(N)cc2)cc1. The second kappa shape index (κ2) is 6.65. The molecule has 0 saturated carbocycles. The summed E-state index contributed by atoms with van der Waals surface area (Å²) in [6.07, 6.45) is -0.615. The first-order valence-corrected chi connectivity index (χ1v) is 6.55. The normalized spacial score (nSPS) is 11.5. The van der Waals surface area contributed by atoms with E-state index in [0.717, 1.165) is 5.75 Å². The first kappa shape index (κ1) is 14.7. The number of nitrogen functional groups attached to an aromatic ring is 1. The van der Waals surface area contributed by atoms with E-state index in [1.807, 2.05) is 0 Å². The second-order valence-corrected chi connectivity index (χ2v) is 4.55. The Hall–Kier alpha value is -2.69. The van der Waals surface area contributed by atoms with Crippen LogP contribution in [0.3, 0.4) is 0 Å². The number of anilines is 2. The van der Waals surface area contributed by atoms with E-state index in [1.54, 1.807) is 62.6 Å². The number of hydrogen-bond donors (Lipinski definition) is 2. The van der Waals surface area contributed by atoms with Crippen LogP contribution in [0.5, 0.6) is 11.5 Å². The highest BCUT2D eigenvalue weighted by Gasteiger charge is 2.14. The van der Waals surface area contributed by atoms with Crippen LogP contribution in [-0.4, -0.2) is 19.1 Å². The quantitative estimate of drug-likeness (QED) is 0.829. The third kappa shape index (κ3) is 4.14. The molecule has 0 saturated heterocycles. The number of hydrogen-bond acceptors (Lipinski definition) is 4. The minimum absolute atomic E-state index is 0.225. The predicted octanol–water partition coefficient (Wildman–Crippen LogP) is 2.68. The van der Waals surface area contributed by atoms with Crippen molar-refractivity contribution in [1.29, 1.82) is 0 Å². The van der Waals surface area contributed by atoms with Crippen LogP contribution in [-0.2, 0) is 4.79 Å². The summed E-state index contributed by atoms with van der Waals surface area (Å²) in [5.41, 5.74) is 6.94. The van der Waals surface area contributed by atoms with Crippen molar-refractivity contribution in [1.82, 2.24) is 0 Å². The maximum absolute atomic E-state index is 12.0. The summed E-state index contributed by atoms with van der Waals surface area (Å²) in [4.78, 5) is 12.0. The van der Waals surface area contributed by atoms with Gasteiger partial charge in [-0.15, -0.1) is 0 Å². The Bertz CT molecular complexity index is 594. The lowest BCUT2D eigenvalue weighted by Gasteiger charge is -2.15. The molecule has 1 amide bonds. The molecule has 2 aromatic rings. The van der Waals surface area contributed by atoms with E-state index in [1.165, 1.54) is 0 Å². The van der Waals surface area contributed by atoms with Gasteiger partial charge in [-0.3, -0.25) is 4.79 Å². The van der Waals surface area contributed by atoms with Crippen LogP contribution in [0.4, 0.5) is 11.4 Å². The lowest BCUT2D eigenvalue weighted by molar-refractivity contribution is -0.122. The summed E-state index contributed by atoms with van der Waals surface area (Å²) in [5, 5.41) is 2.78. The van der Waals surface area contributed by atoms with Crippen LogP contribution in [0.2, 0.25) is 0 Å². The van der Waals surface area contributed by atoms with Crippen LogP contribution in [0.15, 0.2) is 48.5 Å². The largest absolute Gasteiger partial charge is 0.497 e. The average molecular weight is 286 g/mol. The van der Waals surface area contributed by atoms with Crippen molar-refractivity contribution in [3.8, 4) is 11.5 Å². The molecule has 110 valence electrons. The Morgan fingerprint density at radius 1 is 1.05 bits per heavy atom. The summed E-state index contributed by atoms with van der Waals surface area (Å²) in [6.45, 7) is 1.69. The summed E-state index contributed by atoms with van der Waals surface area (Å²) >= 11 is 0. The van der Waals surface area contributed by atoms with Gasteiger partial charge >= 0.3 is 0 Å². The Balaban J connectivity index is 1.93. The number of ether oxygens (including phenoxy) is 2. The maximum Gasteiger partial charge on any atom is 0.265 e. The minimum Gasteiger partial charge on any atom is -0.497 e. The lowest BCUT2D eigenvalue weighted by atomic mass is 10.2. The summed E-state index contributed by atoms with van der Waals surface area (Å²) in [5.74, 6) is 1.11. The molecule has 0 heterocycles. The highest BCUT2D eigenvalue weighted by atomic mass is 16.5. The molecule has 0 radical (unpaired) electrons. The number of benzene rings is 2. The van der Waals surface area contributed by atoms with Crippen LogP contribution in [0.1, 0.15) is 6.92 Å². The smallest absolute Gasteiger partial charge is 0.265 e. The van der Waals surface area contributed by atoms with Crippen molar-refractivity contribution in [3.63, 3.8) is 0 Å². The molecule has 2 rings (SSSR count). The minimum atomic E-state index is -0.615. The fourth-order valence-corrected chi connectivity index (χ4v) is 1.72. The maximum atomic E-state index is 12.0. The molecule has 3 N–H and O–H groups in total. The molecule has 0 spiro atoms. The number of amides is 1. The monoisotopic (exact) mass is 286 g/mol. The number of methoxy groups -OCH3 is 1. The van der Waals surface area contributed by atoms with E-state index in [2.05, 4.69) is 5.32 Å². The molecular weight excluding hydrogens is 268 g/mol. The van der Waals surface area contributed by atoms with E-state index in [0.29, 0.717) is 17.1 Å². The lowest BCUT2D eigenvalue weighted by Crippen LogP contribution is -2.30. The van der Waals surface area contributed by atoms with Gasteiger partial charge in [0, 0.05) is 11.4 Å². The Labute approximate surface area is 123 Å². The molecule has 0 aliphatic heterocycles. The van der Waals surface area contributed by atoms with Gasteiger partial charge in [0.25, 0.3) is 5.91 Å². The second-order valence-electron chi connectivity index (χ2n) is 4.55. The average Bonchev–Trinajstić information content (AvgIpc) is 2.50. The molecule has 5 heteroatoms. The first-order valence-electron chi connectivity index (χ1n) is 6.55. The zero-order valence-electron chi connectivity index (χ0n) is 12.0. The fraction of sp³-hybridized carbons (Fsp3) is 0.188. The van der Waals surface area contributed by atoms with Crippen LogP contribution in [0, 0.1) is 0 Å². The standard InChI is InChI=1S/C16H18N2O3/c1-11(21-15-7-3-12(17)4-8-15)16(19)18-13-5-9-14(20-2)10-6-13/h3-11H,17H2,1-2H3,(H,18,19). The van der Waals surface area contributed by atoms with Gasteiger partial charge in [-0.25, -0.2) is 0 Å². The topological polar surface area (TPSA) is 73.6 Å². The molecule has 1 atom stereocenters. The Kier molecular flexibility index (Phi) is 4.66. The van der Waals surface area contributed by atoms with Gasteiger partial charge in [-0.05, 0) is 55.5 Å². The number of nitrogens with two attached hydrogens (primary N) is 1. The van der Waals surface area contributed by atoms with Gasteiger partial charge in [0.2, 0.25) is 0 Å². The molecule has 5 nitrogen and oxygen atoms in total. The molecule has 1 unspecified atom stereocenters. The van der Waals surface area contributed by atoms with Crippen molar-refractivity contribution in [2.24, 2.45) is 0 Å². The number of carbonyl (C=O) groups excluding carboxylic acids is 1. The van der Waals surface area contributed by atoms with Gasteiger partial charge in [-0.2, -0.15) is 0 Å². The summed E-state index contributed by atoms with van der Waals surface area (Å²) in [7, 11) is 1.59. The van der Waals surface area contributed by atoms with E-state index >= 15 is 0 Å². The molecular formula is C16H18N2O3. The van der Waals surface area contributed by atoms with E-state index in [-0.39, 0.29) is 5.91 Å². The molecule has 21 heavy (non-hydrogen) atoms. The zero-order valence-corrected chi connectivity index (χ0v) is 12.0. The first-order chi connectivity index (χ1) is 10.1. The Morgan fingerprint density at radius 2 is 1.62 bits per heavy atom. The Morgan fingerprint density at radius 3 is 2.19 bits per heavy atom. The predicted molar refractivity (Wildman–Crippen MR) is 82.6 cm³/mol. The highest BCUT2D eigenvalue weighted by molar-refractivity contribution is 5.94. The van der Waals surface area contributed by atoms with Crippen molar-refractivity contribution in [2.75, 3.05) is 18.2 Å². The molecule has 0 aliphatic rings. The van der Waals surface area contributed by atoms with Gasteiger partial charge < -0.3 is 20.5 Å². The van der Waals surface area contributed by atoms with Crippen LogP contribution in [0.25, 0.3) is 0 Å². The highest BCUT2D eigenvalue weighted by Crippen LogP contribution is 2.17. The third-order valence-electron chi connectivity index (χ3n) is 2.92. The summed E-state index contributed by atoms with van der Waals surface area (Å²) < 4.78 is 10.6. The zero-order chi connectivity index (χ0) is 15.2. The van der Waals surface area contributed by atoms with Gasteiger partial charge in [-0.1, -0.05) is 0 Å². The van der Waals surface area contributed by atoms with Crippen LogP contribution < -0.4 is 20.5 Å². The molecule has 2 aromatic carbocycles. The third-order valence-corrected chi connectivity index (χ3v) is 2.92. The van der Waals surface area contributed by atoms with Gasteiger partial charge in [0.1, 0.15) is 11.5 Å². The van der Waals surface area contributed by atoms with Crippen molar-refractivity contribution >= 4 is 17.3 Å². The van der Waals surface area contributed by atoms with Crippen molar-refractivity contribution in [3.05, 3.63) is 48.5 Å². The van der Waals surface area contributed by atoms with E-state index in [4.69, 9.17) is 15.2 Å². The molecule has 0 aliphatic carbocycles. The van der Waals surface area contributed by atoms with Crippen LogP contribution >= 0.6 is 0 Å². The fourth-order valence-electron chi connectivity index (χ4n) is 1.72. The van der Waals surface area contributed by atoms with Gasteiger partial charge in [0.15, 0.2) is 6.10 Å². The number of rotatable bonds is 5. The van der Waals surface area contributed by atoms with Crippen molar-refractivity contribution in [2.45, 2.75) is 13.0 Å². The molecule has 0 aromatic heterocycles. The number of nitrogens with one attached hydrogen (secondary N) is 1.